The van der Waals surface area contributed by atoms with Crippen LogP contribution in [-0.2, 0) is 0 Å². The third-order valence-electron chi connectivity index (χ3n) is 2.69. The molecule has 3 rings (SSSR count). The summed E-state index contributed by atoms with van der Waals surface area (Å²) in [5.41, 5.74) is 0. The van der Waals surface area contributed by atoms with E-state index in [4.69, 9.17) is 0 Å². The zero-order valence-electron chi connectivity index (χ0n) is 8.52. The maximum atomic E-state index is 13.5. The molecule has 0 aliphatic heterocycles. The number of benzene rings is 3. The molecule has 3 heteroatoms. The van der Waals surface area contributed by atoms with E-state index in [1.54, 1.807) is 6.07 Å². The average molecular weight is 230 g/mol. The van der Waals surface area contributed by atoms with Crippen molar-refractivity contribution in [3.05, 3.63) is 59.9 Å². The van der Waals surface area contributed by atoms with Crippen molar-refractivity contribution in [1.29, 1.82) is 0 Å². The van der Waals surface area contributed by atoms with E-state index in [9.17, 15) is 13.2 Å². The molecule has 0 amide bonds. The molecule has 3 aromatic carbocycles. The van der Waals surface area contributed by atoms with Crippen molar-refractivity contribution in [2.24, 2.45) is 0 Å². The number of halogens is 3. The third kappa shape index (κ3) is 1.55. The van der Waals surface area contributed by atoms with Crippen LogP contribution in [0.15, 0.2) is 30.3 Å². The Hall–Kier alpha value is -2.03. The van der Waals surface area contributed by atoms with E-state index < -0.39 is 17.5 Å². The van der Waals surface area contributed by atoms with Crippen molar-refractivity contribution < 1.29 is 13.2 Å². The molecule has 82 valence electrons. The van der Waals surface area contributed by atoms with Gasteiger partial charge in [0.2, 0.25) is 0 Å². The van der Waals surface area contributed by atoms with E-state index in [0.717, 1.165) is 6.07 Å². The summed E-state index contributed by atoms with van der Waals surface area (Å²) in [4.78, 5) is 0. The van der Waals surface area contributed by atoms with Gasteiger partial charge >= 0.3 is 0 Å². The first-order valence-electron chi connectivity index (χ1n) is 4.96. The fraction of sp³-hybridized carbons (Fsp3) is 0. The lowest BCUT2D eigenvalue weighted by atomic mass is 10.0. The summed E-state index contributed by atoms with van der Waals surface area (Å²) in [6.45, 7) is 0. The van der Waals surface area contributed by atoms with Gasteiger partial charge in [0.25, 0.3) is 0 Å². The Morgan fingerprint density at radius 2 is 1.59 bits per heavy atom. The second kappa shape index (κ2) is 3.48. The highest BCUT2D eigenvalue weighted by Gasteiger charge is 2.08. The normalized spacial score (nSPS) is 11.2. The second-order valence-corrected chi connectivity index (χ2v) is 3.74. The fourth-order valence-electron chi connectivity index (χ4n) is 1.94. The van der Waals surface area contributed by atoms with E-state index in [2.05, 4.69) is 6.07 Å². The molecular weight excluding hydrogens is 225 g/mol. The van der Waals surface area contributed by atoms with E-state index in [1.807, 2.05) is 6.07 Å². The summed E-state index contributed by atoms with van der Waals surface area (Å²) in [6, 6.07) is 11.4. The number of fused-ring (bicyclic) bond motifs is 3. The molecule has 0 atom stereocenters. The Kier molecular flexibility index (Phi) is 2.08. The van der Waals surface area contributed by atoms with Crippen molar-refractivity contribution >= 4 is 21.5 Å². The highest BCUT2D eigenvalue weighted by molar-refractivity contribution is 6.07. The topological polar surface area (TPSA) is 0 Å². The monoisotopic (exact) mass is 230 g/mol. The first-order valence-corrected chi connectivity index (χ1v) is 4.96. The predicted molar refractivity (Wildman–Crippen MR) is 59.0 cm³/mol. The molecule has 0 heterocycles. The second-order valence-electron chi connectivity index (χ2n) is 3.74. The highest BCUT2D eigenvalue weighted by Crippen LogP contribution is 2.28. The Morgan fingerprint density at radius 1 is 0.824 bits per heavy atom. The number of rotatable bonds is 0. The van der Waals surface area contributed by atoms with Gasteiger partial charge in [-0.2, -0.15) is 0 Å². The molecule has 0 unspecified atom stereocenters. The minimum absolute atomic E-state index is 0.226. The Balaban J connectivity index is 2.58. The molecule has 0 nitrogen and oxygen atoms in total. The van der Waals surface area contributed by atoms with Gasteiger partial charge in [0.1, 0.15) is 17.5 Å². The summed E-state index contributed by atoms with van der Waals surface area (Å²) < 4.78 is 39.7. The zero-order chi connectivity index (χ0) is 12.0. The van der Waals surface area contributed by atoms with Crippen LogP contribution in [0.1, 0.15) is 0 Å². The van der Waals surface area contributed by atoms with Gasteiger partial charge < -0.3 is 0 Å². The molecule has 0 saturated carbocycles. The van der Waals surface area contributed by atoms with Crippen molar-refractivity contribution in [2.45, 2.75) is 0 Å². The first-order chi connectivity index (χ1) is 8.15. The quantitative estimate of drug-likeness (QED) is 0.512. The SMILES string of the molecule is Fc1[c]cc2ccc3c(F)[c]c(F)cc3c2c1. The molecule has 3 aromatic rings. The van der Waals surface area contributed by atoms with Gasteiger partial charge in [-0.25, -0.2) is 13.2 Å². The molecule has 17 heavy (non-hydrogen) atoms. The lowest BCUT2D eigenvalue weighted by molar-refractivity contribution is 0.588. The van der Waals surface area contributed by atoms with Crippen LogP contribution in [0.5, 0.6) is 0 Å². The molecule has 0 bridgehead atoms. The largest absolute Gasteiger partial charge is 0.206 e. The number of hydrogen-bond donors (Lipinski definition) is 0. The van der Waals surface area contributed by atoms with Gasteiger partial charge in [0, 0.05) is 11.5 Å². The molecule has 2 radical (unpaired) electrons. The zero-order valence-corrected chi connectivity index (χ0v) is 8.52. The van der Waals surface area contributed by atoms with Crippen LogP contribution >= 0.6 is 0 Å². The van der Waals surface area contributed by atoms with Crippen molar-refractivity contribution in [2.75, 3.05) is 0 Å². The van der Waals surface area contributed by atoms with Crippen LogP contribution in [0.25, 0.3) is 21.5 Å². The van der Waals surface area contributed by atoms with Gasteiger partial charge in [-0.1, -0.05) is 12.1 Å². The molecule has 0 aliphatic rings. The molecule has 0 N–H and O–H groups in total. The van der Waals surface area contributed by atoms with Gasteiger partial charge in [-0.05, 0) is 34.4 Å². The van der Waals surface area contributed by atoms with Crippen molar-refractivity contribution in [3.63, 3.8) is 0 Å². The lowest BCUT2D eigenvalue weighted by Crippen LogP contribution is -1.86. The molecule has 0 aliphatic carbocycles. The van der Waals surface area contributed by atoms with Gasteiger partial charge in [-0.15, -0.1) is 0 Å². The minimum Gasteiger partial charge on any atom is -0.206 e. The van der Waals surface area contributed by atoms with Gasteiger partial charge in [0.15, 0.2) is 0 Å². The van der Waals surface area contributed by atoms with Crippen LogP contribution < -0.4 is 0 Å². The van der Waals surface area contributed by atoms with Crippen molar-refractivity contribution in [1.82, 2.24) is 0 Å². The summed E-state index contributed by atoms with van der Waals surface area (Å²) in [5, 5.41) is 1.71. The molecule has 0 aromatic heterocycles. The standard InChI is InChI=1S/C14H5F3/c15-9-3-1-8-2-4-11-13(12(8)5-9)6-10(16)7-14(11)17/h1-2,4-6H. The Bertz CT molecular complexity index is 732. The molecule has 0 spiro atoms. The number of hydrogen-bond acceptors (Lipinski definition) is 0. The smallest absolute Gasteiger partial charge is 0.142 e. The summed E-state index contributed by atoms with van der Waals surface area (Å²) in [7, 11) is 0. The Morgan fingerprint density at radius 3 is 2.41 bits per heavy atom. The van der Waals surface area contributed by atoms with E-state index in [-0.39, 0.29) is 5.39 Å². The van der Waals surface area contributed by atoms with Crippen molar-refractivity contribution in [3.8, 4) is 0 Å². The maximum Gasteiger partial charge on any atom is 0.142 e. The molecule has 0 fully saturated rings. The summed E-state index contributed by atoms with van der Waals surface area (Å²) in [6.07, 6.45) is 0. The predicted octanol–water partition coefficient (Wildman–Crippen LogP) is 4.01. The van der Waals surface area contributed by atoms with Gasteiger partial charge in [-0.3, -0.25) is 0 Å². The minimum atomic E-state index is -0.796. The third-order valence-corrected chi connectivity index (χ3v) is 2.69. The molecule has 0 saturated heterocycles. The van der Waals surface area contributed by atoms with Gasteiger partial charge in [0.05, 0.1) is 6.07 Å². The van der Waals surface area contributed by atoms with E-state index >= 15 is 0 Å². The van der Waals surface area contributed by atoms with E-state index in [1.165, 1.54) is 18.2 Å². The first kappa shape index (κ1) is 10.1. The van der Waals surface area contributed by atoms with Crippen LogP contribution in [0.2, 0.25) is 0 Å². The van der Waals surface area contributed by atoms with Crippen LogP contribution in [-0.4, -0.2) is 0 Å². The summed E-state index contributed by atoms with van der Waals surface area (Å²) >= 11 is 0. The Labute approximate surface area is 95.3 Å². The molecular formula is C14H5F3. The van der Waals surface area contributed by atoms with Crippen LogP contribution in [0.3, 0.4) is 0 Å². The summed E-state index contributed by atoms with van der Waals surface area (Å²) in [5.74, 6) is -2.12. The average Bonchev–Trinajstić information content (AvgIpc) is 2.28. The fourth-order valence-corrected chi connectivity index (χ4v) is 1.94. The maximum absolute atomic E-state index is 13.5. The van der Waals surface area contributed by atoms with Crippen LogP contribution in [0.4, 0.5) is 13.2 Å². The van der Waals surface area contributed by atoms with E-state index in [0.29, 0.717) is 16.2 Å². The highest BCUT2D eigenvalue weighted by atomic mass is 19.1. The lowest BCUT2D eigenvalue weighted by Gasteiger charge is -2.04. The van der Waals surface area contributed by atoms with Crippen LogP contribution in [0, 0.1) is 29.6 Å².